The zero-order chi connectivity index (χ0) is 12.3. The number of likely N-dealkylation sites (tertiary alicyclic amines) is 1. The second-order valence-corrected chi connectivity index (χ2v) is 4.23. The third-order valence-corrected chi connectivity index (χ3v) is 3.10. The first-order valence-electron chi connectivity index (χ1n) is 5.74. The van der Waals surface area contributed by atoms with E-state index in [4.69, 9.17) is 5.11 Å². The van der Waals surface area contributed by atoms with Crippen molar-refractivity contribution in [3.63, 3.8) is 0 Å². The molecular formula is C11H19NO4. The number of aliphatic hydroxyl groups excluding tert-OH is 1. The molecule has 2 N–H and O–H groups in total. The minimum atomic E-state index is -1.05. The summed E-state index contributed by atoms with van der Waals surface area (Å²) in [5, 5.41) is 18.9. The fourth-order valence-electron chi connectivity index (χ4n) is 2.28. The Morgan fingerprint density at radius 2 is 2.19 bits per heavy atom. The van der Waals surface area contributed by atoms with Gasteiger partial charge in [0, 0.05) is 12.3 Å². The summed E-state index contributed by atoms with van der Waals surface area (Å²) in [6.07, 6.45) is 1.27. The molecule has 5 heteroatoms. The number of hydrogen-bond donors (Lipinski definition) is 2. The van der Waals surface area contributed by atoms with Crippen molar-refractivity contribution >= 4 is 11.9 Å². The molecule has 3 atom stereocenters. The van der Waals surface area contributed by atoms with Crippen LogP contribution in [0.5, 0.6) is 0 Å². The van der Waals surface area contributed by atoms with Crippen LogP contribution in [0.25, 0.3) is 0 Å². The van der Waals surface area contributed by atoms with Crippen LogP contribution < -0.4 is 0 Å². The van der Waals surface area contributed by atoms with Crippen LogP contribution in [-0.4, -0.2) is 39.3 Å². The third kappa shape index (κ3) is 2.35. The van der Waals surface area contributed by atoms with E-state index >= 15 is 0 Å². The topological polar surface area (TPSA) is 77.8 Å². The Balaban J connectivity index is 2.80. The maximum atomic E-state index is 11.7. The van der Waals surface area contributed by atoms with E-state index in [-0.39, 0.29) is 18.2 Å². The molecule has 0 aromatic carbocycles. The van der Waals surface area contributed by atoms with Crippen LogP contribution in [0.2, 0.25) is 0 Å². The van der Waals surface area contributed by atoms with Crippen LogP contribution in [0.3, 0.4) is 0 Å². The zero-order valence-electron chi connectivity index (χ0n) is 9.72. The number of aliphatic carboxylic acids is 1. The predicted octanol–water partition coefficient (Wildman–Crippen LogP) is 0.817. The van der Waals surface area contributed by atoms with Gasteiger partial charge in [-0.15, -0.1) is 0 Å². The molecule has 16 heavy (non-hydrogen) atoms. The molecule has 92 valence electrons. The Hall–Kier alpha value is -1.10. The maximum absolute atomic E-state index is 11.7. The minimum Gasteiger partial charge on any atom is -0.480 e. The molecule has 0 bridgehead atoms. The summed E-state index contributed by atoms with van der Waals surface area (Å²) < 4.78 is 0. The van der Waals surface area contributed by atoms with Crippen LogP contribution in [-0.2, 0) is 9.59 Å². The number of carbonyl (C=O) groups is 2. The van der Waals surface area contributed by atoms with Crippen molar-refractivity contribution in [1.82, 2.24) is 4.90 Å². The van der Waals surface area contributed by atoms with Crippen LogP contribution >= 0.6 is 0 Å². The lowest BCUT2D eigenvalue weighted by Gasteiger charge is -2.28. The van der Waals surface area contributed by atoms with E-state index < -0.39 is 18.2 Å². The highest BCUT2D eigenvalue weighted by Gasteiger charge is 2.43. The van der Waals surface area contributed by atoms with E-state index in [1.54, 1.807) is 6.92 Å². The van der Waals surface area contributed by atoms with Crippen molar-refractivity contribution in [2.24, 2.45) is 5.92 Å². The quantitative estimate of drug-likeness (QED) is 0.731. The Morgan fingerprint density at radius 3 is 2.62 bits per heavy atom. The van der Waals surface area contributed by atoms with Crippen LogP contribution in [0, 0.1) is 5.92 Å². The average molecular weight is 229 g/mol. The van der Waals surface area contributed by atoms with Gasteiger partial charge in [-0.2, -0.15) is 0 Å². The lowest BCUT2D eigenvalue weighted by molar-refractivity contribution is -0.155. The van der Waals surface area contributed by atoms with Crippen molar-refractivity contribution in [3.8, 4) is 0 Å². The van der Waals surface area contributed by atoms with Gasteiger partial charge < -0.3 is 15.1 Å². The lowest BCUT2D eigenvalue weighted by Crippen LogP contribution is -2.47. The zero-order valence-corrected chi connectivity index (χ0v) is 9.72. The van der Waals surface area contributed by atoms with Crippen LogP contribution in [0.4, 0.5) is 0 Å². The Bertz CT molecular complexity index is 279. The van der Waals surface area contributed by atoms with Crippen molar-refractivity contribution in [3.05, 3.63) is 0 Å². The number of rotatable bonds is 5. The molecule has 0 spiro atoms. The first-order chi connectivity index (χ1) is 7.52. The number of aliphatic hydroxyl groups is 1. The number of carboxylic acid groups (broad SMARTS) is 1. The highest BCUT2D eigenvalue weighted by atomic mass is 16.4. The Morgan fingerprint density at radius 1 is 1.56 bits per heavy atom. The van der Waals surface area contributed by atoms with Gasteiger partial charge in [-0.1, -0.05) is 20.3 Å². The summed E-state index contributed by atoms with van der Waals surface area (Å²) in [7, 11) is 0. The fraction of sp³-hybridized carbons (Fsp3) is 0.818. The SMILES string of the molecule is CCC[C@@H]1CC(=O)N([C@@H](CC)C(=O)O)C1O. The molecular weight excluding hydrogens is 210 g/mol. The Labute approximate surface area is 95.1 Å². The smallest absolute Gasteiger partial charge is 0.326 e. The molecule has 1 heterocycles. The molecule has 1 aliphatic heterocycles. The number of carbonyl (C=O) groups excluding carboxylic acids is 1. The summed E-state index contributed by atoms with van der Waals surface area (Å²) in [6.45, 7) is 3.68. The molecule has 1 aliphatic rings. The minimum absolute atomic E-state index is 0.120. The molecule has 0 aromatic rings. The highest BCUT2D eigenvalue weighted by Crippen LogP contribution is 2.30. The molecule has 0 aromatic heterocycles. The van der Waals surface area contributed by atoms with E-state index in [2.05, 4.69) is 0 Å². The van der Waals surface area contributed by atoms with Crippen LogP contribution in [0.15, 0.2) is 0 Å². The average Bonchev–Trinajstić information content (AvgIpc) is 2.47. The van der Waals surface area contributed by atoms with Gasteiger partial charge in [-0.3, -0.25) is 4.79 Å². The summed E-state index contributed by atoms with van der Waals surface area (Å²) in [5.74, 6) is -1.42. The van der Waals surface area contributed by atoms with Crippen molar-refractivity contribution in [2.75, 3.05) is 0 Å². The normalized spacial score (nSPS) is 27.2. The predicted molar refractivity (Wildman–Crippen MR) is 57.6 cm³/mol. The molecule has 1 saturated heterocycles. The van der Waals surface area contributed by atoms with Crippen LogP contribution in [0.1, 0.15) is 39.5 Å². The summed E-state index contributed by atoms with van der Waals surface area (Å²) in [6, 6.07) is -0.899. The number of carboxylic acids is 1. The van der Waals surface area contributed by atoms with Crippen molar-refractivity contribution in [2.45, 2.75) is 51.8 Å². The third-order valence-electron chi connectivity index (χ3n) is 3.10. The largest absolute Gasteiger partial charge is 0.480 e. The first-order valence-corrected chi connectivity index (χ1v) is 5.74. The lowest BCUT2D eigenvalue weighted by atomic mass is 10.0. The van der Waals surface area contributed by atoms with Gasteiger partial charge in [-0.25, -0.2) is 4.79 Å². The maximum Gasteiger partial charge on any atom is 0.326 e. The highest BCUT2D eigenvalue weighted by molar-refractivity contribution is 5.85. The van der Waals surface area contributed by atoms with Gasteiger partial charge in [0.2, 0.25) is 5.91 Å². The number of nitrogens with zero attached hydrogens (tertiary/aromatic N) is 1. The number of hydrogen-bond acceptors (Lipinski definition) is 3. The van der Waals surface area contributed by atoms with Gasteiger partial charge >= 0.3 is 5.97 Å². The van der Waals surface area contributed by atoms with Gasteiger partial charge in [0.1, 0.15) is 12.3 Å². The van der Waals surface area contributed by atoms with Crippen molar-refractivity contribution < 1.29 is 19.8 Å². The standard InChI is InChI=1S/C11H19NO4/c1-3-5-7-6-9(13)12(10(7)14)8(4-2)11(15)16/h7-8,10,14H,3-6H2,1-2H3,(H,15,16)/t7-,8+,10?/m1/s1. The molecule has 0 saturated carbocycles. The molecule has 0 radical (unpaired) electrons. The van der Waals surface area contributed by atoms with E-state index in [0.717, 1.165) is 17.7 Å². The van der Waals surface area contributed by atoms with Gasteiger partial charge in [0.25, 0.3) is 0 Å². The molecule has 1 rings (SSSR count). The molecule has 0 aliphatic carbocycles. The summed E-state index contributed by atoms with van der Waals surface area (Å²) >= 11 is 0. The van der Waals surface area contributed by atoms with E-state index in [1.807, 2.05) is 6.92 Å². The molecule has 1 unspecified atom stereocenters. The van der Waals surface area contributed by atoms with E-state index in [1.165, 1.54) is 0 Å². The fourth-order valence-corrected chi connectivity index (χ4v) is 2.28. The van der Waals surface area contributed by atoms with Gasteiger partial charge in [0.15, 0.2) is 0 Å². The second kappa shape index (κ2) is 5.30. The summed E-state index contributed by atoms with van der Waals surface area (Å²) in [4.78, 5) is 23.8. The monoisotopic (exact) mass is 229 g/mol. The first kappa shape index (κ1) is 13.0. The number of amides is 1. The molecule has 1 fully saturated rings. The molecule has 1 amide bonds. The van der Waals surface area contributed by atoms with Gasteiger partial charge in [-0.05, 0) is 12.8 Å². The molecule has 5 nitrogen and oxygen atoms in total. The summed E-state index contributed by atoms with van der Waals surface area (Å²) in [5.41, 5.74) is 0. The van der Waals surface area contributed by atoms with E-state index in [0.29, 0.717) is 6.42 Å². The van der Waals surface area contributed by atoms with E-state index in [9.17, 15) is 14.7 Å². The van der Waals surface area contributed by atoms with Crippen molar-refractivity contribution in [1.29, 1.82) is 0 Å². The van der Waals surface area contributed by atoms with Gasteiger partial charge in [0.05, 0.1) is 0 Å². The Kier molecular flexibility index (Phi) is 4.29. The second-order valence-electron chi connectivity index (χ2n) is 4.23.